The number of hydrogen-bond donors (Lipinski definition) is 1. The van der Waals surface area contributed by atoms with E-state index >= 15 is 0 Å². The molecule has 2 aromatic rings. The monoisotopic (exact) mass is 395 g/mol. The average molecular weight is 396 g/mol. The number of halogens is 1. The first-order valence-electron chi connectivity index (χ1n) is 7.11. The summed E-state index contributed by atoms with van der Waals surface area (Å²) in [7, 11) is -4.11. The quantitative estimate of drug-likeness (QED) is 0.623. The highest BCUT2D eigenvalue weighted by atomic mass is 35.5. The lowest BCUT2D eigenvalue weighted by Gasteiger charge is -2.15. The molecule has 2 aromatic carbocycles. The summed E-state index contributed by atoms with van der Waals surface area (Å²) in [5.41, 5.74) is -0.210. The number of carbonyl (C=O) groups excluding carboxylic acids is 2. The molecule has 0 bridgehead atoms. The molecule has 0 atom stereocenters. The van der Waals surface area contributed by atoms with Crippen LogP contribution in [0.5, 0.6) is 0 Å². The van der Waals surface area contributed by atoms with Crippen molar-refractivity contribution in [2.24, 2.45) is 0 Å². The zero-order valence-electron chi connectivity index (χ0n) is 12.9. The highest BCUT2D eigenvalue weighted by Crippen LogP contribution is 2.30. The molecule has 134 valence electrons. The Bertz CT molecular complexity index is 1050. The molecule has 0 saturated carbocycles. The Morgan fingerprint density at radius 3 is 2.54 bits per heavy atom. The summed E-state index contributed by atoms with van der Waals surface area (Å²) >= 11 is 5.87. The number of sulfonamides is 1. The van der Waals surface area contributed by atoms with E-state index in [1.807, 2.05) is 0 Å². The normalized spacial score (nSPS) is 14.8. The minimum atomic E-state index is -4.11. The number of amides is 2. The minimum absolute atomic E-state index is 0.00586. The zero-order chi connectivity index (χ0) is 19.1. The van der Waals surface area contributed by atoms with Gasteiger partial charge in [-0.1, -0.05) is 23.7 Å². The van der Waals surface area contributed by atoms with Crippen LogP contribution in [-0.4, -0.2) is 36.0 Å². The van der Waals surface area contributed by atoms with Gasteiger partial charge < -0.3 is 5.32 Å². The third-order valence-corrected chi connectivity index (χ3v) is 5.74. The van der Waals surface area contributed by atoms with Gasteiger partial charge in [-0.2, -0.15) is 0 Å². The number of nitro benzene ring substituents is 1. The van der Waals surface area contributed by atoms with E-state index in [4.69, 9.17) is 11.6 Å². The fraction of sp³-hybridized carbons (Fsp3) is 0.0667. The lowest BCUT2D eigenvalue weighted by Crippen LogP contribution is -2.37. The maximum absolute atomic E-state index is 12.4. The Morgan fingerprint density at radius 2 is 1.92 bits per heavy atom. The number of nitro groups is 1. The van der Waals surface area contributed by atoms with E-state index < -0.39 is 33.3 Å². The number of nitrogens with zero attached hydrogens (tertiary/aromatic N) is 2. The largest absolute Gasteiger partial charge is 0.323 e. The first-order chi connectivity index (χ1) is 12.2. The van der Waals surface area contributed by atoms with Crippen LogP contribution < -0.4 is 5.32 Å². The number of non-ortho nitro benzene ring substituents is 1. The maximum Gasteiger partial charge on any atom is 0.271 e. The van der Waals surface area contributed by atoms with Gasteiger partial charge in [0.1, 0.15) is 11.4 Å². The van der Waals surface area contributed by atoms with Crippen LogP contribution in [0, 0.1) is 10.1 Å². The van der Waals surface area contributed by atoms with Crippen molar-refractivity contribution in [3.63, 3.8) is 0 Å². The van der Waals surface area contributed by atoms with E-state index in [0.29, 0.717) is 4.31 Å². The second kappa shape index (κ2) is 6.39. The van der Waals surface area contributed by atoms with Crippen LogP contribution in [0.3, 0.4) is 0 Å². The van der Waals surface area contributed by atoms with E-state index in [0.717, 1.165) is 12.1 Å². The molecule has 11 heteroatoms. The van der Waals surface area contributed by atoms with Crippen molar-refractivity contribution in [3.8, 4) is 0 Å². The Kier molecular flexibility index (Phi) is 4.38. The predicted octanol–water partition coefficient (Wildman–Crippen LogP) is 2.03. The Hall–Kier alpha value is -2.98. The third-order valence-electron chi connectivity index (χ3n) is 3.64. The van der Waals surface area contributed by atoms with E-state index in [1.54, 1.807) is 0 Å². The predicted molar refractivity (Wildman–Crippen MR) is 91.4 cm³/mol. The summed E-state index contributed by atoms with van der Waals surface area (Å²) in [6.07, 6.45) is 0. The smallest absolute Gasteiger partial charge is 0.271 e. The molecule has 0 radical (unpaired) electrons. The van der Waals surface area contributed by atoms with Crippen molar-refractivity contribution in [3.05, 3.63) is 63.2 Å². The van der Waals surface area contributed by atoms with Crippen molar-refractivity contribution in [2.75, 3.05) is 11.9 Å². The first kappa shape index (κ1) is 17.8. The Labute approximate surface area is 152 Å². The average Bonchev–Trinajstić information content (AvgIpc) is 2.78. The van der Waals surface area contributed by atoms with Gasteiger partial charge in [-0.3, -0.25) is 19.7 Å². The summed E-state index contributed by atoms with van der Waals surface area (Å²) in [5.74, 6) is -1.61. The molecule has 0 fully saturated rings. The molecule has 3 rings (SSSR count). The SMILES string of the molecule is O=C(CN1C(=O)c2ccccc2S1(=O)=O)Nc1ccc([N+](=O)[O-])cc1Cl. The van der Waals surface area contributed by atoms with E-state index in [2.05, 4.69) is 5.32 Å². The number of hydrogen-bond acceptors (Lipinski definition) is 6. The van der Waals surface area contributed by atoms with Crippen LogP contribution in [-0.2, 0) is 14.8 Å². The van der Waals surface area contributed by atoms with Crippen molar-refractivity contribution < 1.29 is 22.9 Å². The van der Waals surface area contributed by atoms with Crippen molar-refractivity contribution in [2.45, 2.75) is 4.90 Å². The molecule has 0 saturated heterocycles. The summed E-state index contributed by atoms with van der Waals surface area (Å²) in [5, 5.41) is 12.9. The van der Waals surface area contributed by atoms with Crippen molar-refractivity contribution in [1.29, 1.82) is 0 Å². The fourth-order valence-electron chi connectivity index (χ4n) is 2.43. The van der Waals surface area contributed by atoms with E-state index in [-0.39, 0.29) is 26.9 Å². The van der Waals surface area contributed by atoms with Crippen LogP contribution in [0.2, 0.25) is 5.02 Å². The van der Waals surface area contributed by atoms with Crippen LogP contribution >= 0.6 is 11.6 Å². The number of fused-ring (bicyclic) bond motifs is 1. The standard InChI is InChI=1S/C15H10ClN3O6S/c16-11-7-9(19(22)23)5-6-12(11)17-14(20)8-18-15(21)10-3-1-2-4-13(10)26(18,24)25/h1-7H,8H2,(H,17,20). The van der Waals surface area contributed by atoms with Gasteiger partial charge in [0.25, 0.3) is 21.6 Å². The van der Waals surface area contributed by atoms with Gasteiger partial charge in [0.2, 0.25) is 5.91 Å². The van der Waals surface area contributed by atoms with Crippen LogP contribution in [0.15, 0.2) is 47.4 Å². The topological polar surface area (TPSA) is 127 Å². The first-order valence-corrected chi connectivity index (χ1v) is 8.93. The molecule has 1 aliphatic heterocycles. The highest BCUT2D eigenvalue weighted by Gasteiger charge is 2.41. The summed E-state index contributed by atoms with van der Waals surface area (Å²) in [4.78, 5) is 34.3. The second-order valence-corrected chi connectivity index (χ2v) is 7.52. The fourth-order valence-corrected chi connectivity index (χ4v) is 4.17. The van der Waals surface area contributed by atoms with Gasteiger partial charge in [0.05, 0.1) is 21.2 Å². The maximum atomic E-state index is 12.4. The number of carbonyl (C=O) groups is 2. The number of anilines is 1. The minimum Gasteiger partial charge on any atom is -0.323 e. The van der Waals surface area contributed by atoms with Gasteiger partial charge in [-0.05, 0) is 18.2 Å². The second-order valence-electron chi connectivity index (χ2n) is 5.28. The van der Waals surface area contributed by atoms with Crippen LogP contribution in [0.1, 0.15) is 10.4 Å². The van der Waals surface area contributed by atoms with Crippen molar-refractivity contribution in [1.82, 2.24) is 4.31 Å². The molecule has 0 unspecified atom stereocenters. The summed E-state index contributed by atoms with van der Waals surface area (Å²) < 4.78 is 25.3. The molecule has 26 heavy (non-hydrogen) atoms. The van der Waals surface area contributed by atoms with Gasteiger partial charge in [0, 0.05) is 12.1 Å². The molecular weight excluding hydrogens is 386 g/mol. The molecule has 2 amide bonds. The summed E-state index contributed by atoms with van der Waals surface area (Å²) in [6, 6.07) is 9.04. The molecule has 0 spiro atoms. The van der Waals surface area contributed by atoms with Gasteiger partial charge in [-0.15, -0.1) is 0 Å². The van der Waals surface area contributed by atoms with E-state index in [9.17, 15) is 28.1 Å². The number of benzene rings is 2. The Balaban J connectivity index is 1.79. The van der Waals surface area contributed by atoms with Gasteiger partial charge in [0.15, 0.2) is 0 Å². The Morgan fingerprint density at radius 1 is 1.23 bits per heavy atom. The molecule has 0 aromatic heterocycles. The van der Waals surface area contributed by atoms with Gasteiger partial charge >= 0.3 is 0 Å². The summed E-state index contributed by atoms with van der Waals surface area (Å²) in [6.45, 7) is -0.747. The van der Waals surface area contributed by atoms with Crippen LogP contribution in [0.4, 0.5) is 11.4 Å². The molecule has 9 nitrogen and oxygen atoms in total. The van der Waals surface area contributed by atoms with E-state index in [1.165, 1.54) is 30.3 Å². The third kappa shape index (κ3) is 3.00. The molecule has 1 aliphatic rings. The number of rotatable bonds is 4. The van der Waals surface area contributed by atoms with Crippen LogP contribution in [0.25, 0.3) is 0 Å². The molecule has 1 N–H and O–H groups in total. The molecular formula is C15H10ClN3O6S. The molecule has 0 aliphatic carbocycles. The zero-order valence-corrected chi connectivity index (χ0v) is 14.5. The lowest BCUT2D eigenvalue weighted by molar-refractivity contribution is -0.384. The van der Waals surface area contributed by atoms with Crippen molar-refractivity contribution >= 4 is 44.8 Å². The number of nitrogens with one attached hydrogen (secondary N) is 1. The lowest BCUT2D eigenvalue weighted by atomic mass is 10.2. The molecule has 1 heterocycles. The van der Waals surface area contributed by atoms with Gasteiger partial charge in [-0.25, -0.2) is 12.7 Å². The highest BCUT2D eigenvalue weighted by molar-refractivity contribution is 7.90.